The average molecular weight is 266 g/mol. The summed E-state index contributed by atoms with van der Waals surface area (Å²) < 4.78 is 1.58. The second kappa shape index (κ2) is 4.41. The van der Waals surface area contributed by atoms with E-state index >= 15 is 0 Å². The van der Waals surface area contributed by atoms with Crippen molar-refractivity contribution < 1.29 is 15.3 Å². The van der Waals surface area contributed by atoms with E-state index in [1.165, 1.54) is 12.7 Å². The zero-order valence-electron chi connectivity index (χ0n) is 9.97. The Morgan fingerprint density at radius 1 is 1.37 bits per heavy atom. The lowest BCUT2D eigenvalue weighted by Gasteiger charge is -2.17. The van der Waals surface area contributed by atoms with Crippen LogP contribution in [0.1, 0.15) is 12.5 Å². The van der Waals surface area contributed by atoms with Gasteiger partial charge in [0, 0.05) is 12.5 Å². The van der Waals surface area contributed by atoms with Crippen molar-refractivity contribution in [2.75, 3.05) is 6.61 Å². The molecule has 0 saturated heterocycles. The Bertz CT molecular complexity index is 651. The Labute approximate surface area is 107 Å². The molecule has 4 N–H and O–H groups in total. The molecule has 8 nitrogen and oxygen atoms in total. The van der Waals surface area contributed by atoms with Gasteiger partial charge >= 0.3 is 0 Å². The molecule has 19 heavy (non-hydrogen) atoms. The Kier molecular flexibility index (Phi) is 2.85. The summed E-state index contributed by atoms with van der Waals surface area (Å²) in [6, 6.07) is -0.452. The zero-order valence-corrected chi connectivity index (χ0v) is 9.97. The minimum Gasteiger partial charge on any atom is -0.396 e. The van der Waals surface area contributed by atoms with Crippen LogP contribution in [0.4, 0.5) is 0 Å². The number of nitrogens with zero attached hydrogens (tertiary/aromatic N) is 3. The van der Waals surface area contributed by atoms with Gasteiger partial charge in [-0.15, -0.1) is 0 Å². The minimum absolute atomic E-state index is 0.191. The molecular weight excluding hydrogens is 252 g/mol. The molecule has 2 aromatic heterocycles. The molecular formula is C11H14N4O4. The number of aliphatic hydroxyl groups is 3. The molecule has 0 radical (unpaired) electrons. The Balaban J connectivity index is 2.06. The van der Waals surface area contributed by atoms with E-state index in [-0.39, 0.29) is 23.6 Å². The zero-order chi connectivity index (χ0) is 13.6. The van der Waals surface area contributed by atoms with Crippen LogP contribution >= 0.6 is 0 Å². The Morgan fingerprint density at radius 3 is 2.84 bits per heavy atom. The lowest BCUT2D eigenvalue weighted by atomic mass is 10.1. The highest BCUT2D eigenvalue weighted by Gasteiger charge is 2.42. The molecule has 0 bridgehead atoms. The van der Waals surface area contributed by atoms with Crippen LogP contribution in [0.2, 0.25) is 0 Å². The molecule has 1 fully saturated rings. The van der Waals surface area contributed by atoms with Crippen LogP contribution in [-0.4, -0.2) is 53.7 Å². The molecule has 0 amide bonds. The fourth-order valence-corrected chi connectivity index (χ4v) is 2.66. The summed E-state index contributed by atoms with van der Waals surface area (Å²) in [4.78, 5) is 22.0. The normalized spacial score (nSPS) is 31.1. The van der Waals surface area contributed by atoms with Gasteiger partial charge in [0.2, 0.25) is 0 Å². The molecule has 0 spiro atoms. The van der Waals surface area contributed by atoms with Gasteiger partial charge in [0.1, 0.15) is 6.10 Å². The van der Waals surface area contributed by atoms with E-state index in [2.05, 4.69) is 15.0 Å². The molecule has 4 atom stereocenters. The average Bonchev–Trinajstić information content (AvgIpc) is 2.94. The van der Waals surface area contributed by atoms with E-state index < -0.39 is 18.2 Å². The van der Waals surface area contributed by atoms with E-state index in [0.717, 1.165) is 0 Å². The van der Waals surface area contributed by atoms with Crippen LogP contribution < -0.4 is 5.56 Å². The van der Waals surface area contributed by atoms with Crippen molar-refractivity contribution in [1.82, 2.24) is 19.5 Å². The third-order valence-electron chi connectivity index (χ3n) is 3.73. The van der Waals surface area contributed by atoms with Crippen LogP contribution in [-0.2, 0) is 0 Å². The maximum Gasteiger partial charge on any atom is 0.278 e. The van der Waals surface area contributed by atoms with Gasteiger partial charge in [-0.2, -0.15) is 0 Å². The second-order valence-electron chi connectivity index (χ2n) is 4.78. The molecule has 0 unspecified atom stereocenters. The van der Waals surface area contributed by atoms with Gasteiger partial charge in [-0.25, -0.2) is 9.97 Å². The number of hydrogen-bond acceptors (Lipinski definition) is 6. The third-order valence-corrected chi connectivity index (χ3v) is 3.73. The number of hydrogen-bond donors (Lipinski definition) is 4. The van der Waals surface area contributed by atoms with Crippen LogP contribution in [0.3, 0.4) is 0 Å². The number of rotatable bonds is 2. The van der Waals surface area contributed by atoms with Gasteiger partial charge in [-0.3, -0.25) is 4.79 Å². The largest absolute Gasteiger partial charge is 0.396 e. The summed E-state index contributed by atoms with van der Waals surface area (Å²) in [7, 11) is 0. The number of H-pyrrole nitrogens is 1. The van der Waals surface area contributed by atoms with Crippen molar-refractivity contribution in [2.45, 2.75) is 24.7 Å². The maximum atomic E-state index is 11.6. The van der Waals surface area contributed by atoms with Crippen molar-refractivity contribution in [3.63, 3.8) is 0 Å². The highest BCUT2D eigenvalue weighted by Crippen LogP contribution is 2.36. The topological polar surface area (TPSA) is 124 Å². The van der Waals surface area contributed by atoms with E-state index in [1.54, 1.807) is 4.57 Å². The number of fused-ring (bicyclic) bond motifs is 1. The van der Waals surface area contributed by atoms with Gasteiger partial charge in [0.15, 0.2) is 11.2 Å². The SMILES string of the molecule is O=c1[nH]cnc2c1ncn2[C@H]1C[C@@H](CO)[C@H](O)[C@@H]1O. The standard InChI is InChI=1S/C11H14N4O4/c16-2-5-1-6(9(18)8(5)17)15-4-14-7-10(15)12-3-13-11(7)19/h3-6,8-9,16-18H,1-2H2,(H,12,13,19)/t5-,6-,8-,9+/m0/s1. The van der Waals surface area contributed by atoms with E-state index in [0.29, 0.717) is 12.1 Å². The summed E-state index contributed by atoms with van der Waals surface area (Å²) in [5, 5.41) is 29.0. The Morgan fingerprint density at radius 2 is 2.16 bits per heavy atom. The highest BCUT2D eigenvalue weighted by molar-refractivity contribution is 5.69. The first-order valence-electron chi connectivity index (χ1n) is 6.00. The number of aliphatic hydroxyl groups excluding tert-OH is 3. The molecule has 2 heterocycles. The van der Waals surface area contributed by atoms with Crippen molar-refractivity contribution in [3.05, 3.63) is 23.0 Å². The second-order valence-corrected chi connectivity index (χ2v) is 4.78. The smallest absolute Gasteiger partial charge is 0.278 e. The molecule has 2 aromatic rings. The van der Waals surface area contributed by atoms with Crippen LogP contribution in [0.5, 0.6) is 0 Å². The van der Waals surface area contributed by atoms with Crippen LogP contribution in [0, 0.1) is 5.92 Å². The first-order valence-corrected chi connectivity index (χ1v) is 6.00. The van der Waals surface area contributed by atoms with Gasteiger partial charge in [-0.1, -0.05) is 0 Å². The van der Waals surface area contributed by atoms with Gasteiger partial charge in [0.05, 0.1) is 24.8 Å². The van der Waals surface area contributed by atoms with Gasteiger partial charge < -0.3 is 24.9 Å². The predicted octanol–water partition coefficient (Wildman–Crippen LogP) is -1.61. The van der Waals surface area contributed by atoms with Crippen LogP contribution in [0.25, 0.3) is 11.2 Å². The molecule has 0 aliphatic heterocycles. The summed E-state index contributed by atoms with van der Waals surface area (Å²) in [5.74, 6) is -0.389. The van der Waals surface area contributed by atoms with Gasteiger partial charge in [-0.05, 0) is 6.42 Å². The lowest BCUT2D eigenvalue weighted by molar-refractivity contribution is -0.00370. The fourth-order valence-electron chi connectivity index (χ4n) is 2.66. The molecule has 1 aliphatic carbocycles. The number of imidazole rings is 1. The summed E-state index contributed by atoms with van der Waals surface area (Å²) in [6.45, 7) is -0.199. The number of aromatic amines is 1. The quantitative estimate of drug-likeness (QED) is 0.518. The third kappa shape index (κ3) is 1.76. The van der Waals surface area contributed by atoms with E-state index in [1.807, 2.05) is 0 Å². The first-order chi connectivity index (χ1) is 9.13. The van der Waals surface area contributed by atoms with Crippen LogP contribution in [0.15, 0.2) is 17.4 Å². The molecule has 8 heteroatoms. The van der Waals surface area contributed by atoms with E-state index in [9.17, 15) is 15.0 Å². The Hall–Kier alpha value is -1.77. The monoisotopic (exact) mass is 266 g/mol. The number of nitrogens with one attached hydrogen (secondary N) is 1. The number of aromatic nitrogens is 4. The minimum atomic E-state index is -1.02. The molecule has 3 rings (SSSR count). The summed E-state index contributed by atoms with van der Waals surface area (Å²) in [6.07, 6.45) is 1.08. The fraction of sp³-hybridized carbons (Fsp3) is 0.545. The van der Waals surface area contributed by atoms with Crippen molar-refractivity contribution in [3.8, 4) is 0 Å². The van der Waals surface area contributed by atoms with Crippen molar-refractivity contribution >= 4 is 11.2 Å². The molecule has 1 saturated carbocycles. The molecule has 1 aliphatic rings. The van der Waals surface area contributed by atoms with Crippen molar-refractivity contribution in [1.29, 1.82) is 0 Å². The van der Waals surface area contributed by atoms with Gasteiger partial charge in [0.25, 0.3) is 5.56 Å². The highest BCUT2D eigenvalue weighted by atomic mass is 16.3. The lowest BCUT2D eigenvalue weighted by Crippen LogP contribution is -2.30. The van der Waals surface area contributed by atoms with E-state index in [4.69, 9.17) is 5.11 Å². The first kappa shape index (κ1) is 12.3. The molecule has 0 aromatic carbocycles. The predicted molar refractivity (Wildman–Crippen MR) is 64.4 cm³/mol. The summed E-state index contributed by atoms with van der Waals surface area (Å²) >= 11 is 0. The summed E-state index contributed by atoms with van der Waals surface area (Å²) in [5.41, 5.74) is 0.200. The molecule has 102 valence electrons. The maximum absolute atomic E-state index is 11.6. The van der Waals surface area contributed by atoms with Crippen molar-refractivity contribution in [2.24, 2.45) is 5.92 Å².